The standard InChI is InChI=1S/C12H28N4.C2H5.ClH.Fe/c1-2-12-4-7-15-9-8-13-5-3-6-14-10-11-16-12;1-2;;/h12-16H,2-11H2,1H3;1H2,2H3;1H;/q;-1;;+2/p-1. The Labute approximate surface area is 142 Å². The zero-order chi connectivity index (χ0) is 13.5. The van der Waals surface area contributed by atoms with E-state index in [0.717, 1.165) is 45.8 Å². The molecule has 0 saturated carbocycles. The molecule has 0 spiro atoms. The maximum atomic E-state index is 3.61. The van der Waals surface area contributed by atoms with Crippen LogP contribution in [0.3, 0.4) is 0 Å². The van der Waals surface area contributed by atoms with E-state index in [1.165, 1.54) is 19.3 Å². The van der Waals surface area contributed by atoms with Crippen molar-refractivity contribution >= 4 is 0 Å². The molecular weight excluding hydrogens is 315 g/mol. The molecule has 4 N–H and O–H groups in total. The second kappa shape index (κ2) is 21.9. The van der Waals surface area contributed by atoms with Crippen LogP contribution in [-0.2, 0) is 17.1 Å². The minimum Gasteiger partial charge on any atom is -1.00 e. The van der Waals surface area contributed by atoms with Gasteiger partial charge in [-0.15, -0.1) is 0 Å². The van der Waals surface area contributed by atoms with E-state index >= 15 is 0 Å². The second-order valence-electron chi connectivity index (χ2n) is 4.45. The normalized spacial score (nSPS) is 22.1. The molecule has 1 fully saturated rings. The molecule has 1 saturated heterocycles. The van der Waals surface area contributed by atoms with Crippen LogP contribution in [0.5, 0.6) is 0 Å². The zero-order valence-corrected chi connectivity index (χ0v) is 14.9. The predicted molar refractivity (Wildman–Crippen MR) is 81.0 cm³/mol. The van der Waals surface area contributed by atoms with Crippen molar-refractivity contribution in [3.63, 3.8) is 0 Å². The van der Waals surface area contributed by atoms with Crippen molar-refractivity contribution < 1.29 is 29.5 Å². The molecule has 4 nitrogen and oxygen atoms in total. The molecule has 20 heavy (non-hydrogen) atoms. The third-order valence-corrected chi connectivity index (χ3v) is 3.08. The minimum atomic E-state index is 0. The summed E-state index contributed by atoms with van der Waals surface area (Å²) in [6.07, 6.45) is 3.67. The molecule has 124 valence electrons. The van der Waals surface area contributed by atoms with Gasteiger partial charge in [-0.1, -0.05) is 6.92 Å². The fraction of sp³-hybridized carbons (Fsp3) is 0.929. The summed E-state index contributed by atoms with van der Waals surface area (Å²) in [4.78, 5) is 0. The molecule has 0 aromatic carbocycles. The number of rotatable bonds is 1. The predicted octanol–water partition coefficient (Wildman–Crippen LogP) is -2.24. The van der Waals surface area contributed by atoms with E-state index in [4.69, 9.17) is 0 Å². The van der Waals surface area contributed by atoms with Crippen LogP contribution in [0.15, 0.2) is 0 Å². The van der Waals surface area contributed by atoms with Crippen molar-refractivity contribution in [2.24, 2.45) is 0 Å². The molecule has 0 aromatic heterocycles. The van der Waals surface area contributed by atoms with E-state index in [1.54, 1.807) is 6.92 Å². The Hall–Kier alpha value is 0.649. The summed E-state index contributed by atoms with van der Waals surface area (Å²) in [5.74, 6) is 0. The summed E-state index contributed by atoms with van der Waals surface area (Å²) < 4.78 is 0. The van der Waals surface area contributed by atoms with Gasteiger partial charge in [0.25, 0.3) is 0 Å². The summed E-state index contributed by atoms with van der Waals surface area (Å²) >= 11 is 0. The molecule has 0 bridgehead atoms. The van der Waals surface area contributed by atoms with E-state index in [9.17, 15) is 0 Å². The Bertz CT molecular complexity index is 150. The van der Waals surface area contributed by atoms with Gasteiger partial charge in [0.2, 0.25) is 0 Å². The van der Waals surface area contributed by atoms with Gasteiger partial charge in [-0.2, -0.15) is 6.92 Å². The third kappa shape index (κ3) is 16.7. The first-order valence-corrected chi connectivity index (χ1v) is 7.49. The maximum absolute atomic E-state index is 3.61. The molecule has 0 radical (unpaired) electrons. The summed E-state index contributed by atoms with van der Waals surface area (Å²) in [5, 5.41) is 14.0. The average Bonchev–Trinajstić information content (AvgIpc) is 2.43. The molecular formula is C14H33ClFeN4. The molecule has 1 aliphatic rings. The van der Waals surface area contributed by atoms with Gasteiger partial charge in [0, 0.05) is 32.2 Å². The SMILES string of the molecule is CCC1CCNCCNCCCNCCN1.[CH2-]C.[Cl-].[Fe+2]. The molecule has 1 rings (SSSR count). The monoisotopic (exact) mass is 348 g/mol. The second-order valence-corrected chi connectivity index (χ2v) is 4.45. The Kier molecular flexibility index (Phi) is 28.1. The average molecular weight is 349 g/mol. The molecule has 1 aliphatic heterocycles. The van der Waals surface area contributed by atoms with Crippen molar-refractivity contribution in [1.82, 2.24) is 21.3 Å². The maximum Gasteiger partial charge on any atom is 2.00 e. The molecule has 0 amide bonds. The van der Waals surface area contributed by atoms with Crippen molar-refractivity contribution in [2.75, 3.05) is 45.8 Å². The van der Waals surface area contributed by atoms with Crippen molar-refractivity contribution in [1.29, 1.82) is 0 Å². The van der Waals surface area contributed by atoms with Gasteiger partial charge in [-0.3, -0.25) is 0 Å². The first-order chi connectivity index (χ1) is 8.93. The fourth-order valence-corrected chi connectivity index (χ4v) is 1.98. The van der Waals surface area contributed by atoms with Crippen LogP contribution < -0.4 is 33.7 Å². The summed E-state index contributed by atoms with van der Waals surface area (Å²) in [5.41, 5.74) is 0. The van der Waals surface area contributed by atoms with E-state index in [2.05, 4.69) is 35.1 Å². The Balaban J connectivity index is -0.000000689. The Morgan fingerprint density at radius 2 is 1.35 bits per heavy atom. The van der Waals surface area contributed by atoms with Crippen LogP contribution in [0.4, 0.5) is 0 Å². The Morgan fingerprint density at radius 1 is 0.850 bits per heavy atom. The van der Waals surface area contributed by atoms with Crippen molar-refractivity contribution in [3.05, 3.63) is 6.92 Å². The smallest absolute Gasteiger partial charge is 1.00 e. The van der Waals surface area contributed by atoms with Gasteiger partial charge < -0.3 is 40.6 Å². The largest absolute Gasteiger partial charge is 2.00 e. The number of hydrogen-bond donors (Lipinski definition) is 4. The van der Waals surface area contributed by atoms with Gasteiger partial charge in [0.15, 0.2) is 0 Å². The summed E-state index contributed by atoms with van der Waals surface area (Å²) in [6.45, 7) is 15.0. The summed E-state index contributed by atoms with van der Waals surface area (Å²) in [7, 11) is 0. The summed E-state index contributed by atoms with van der Waals surface area (Å²) in [6, 6.07) is 0.671. The Morgan fingerprint density at radius 3 is 1.90 bits per heavy atom. The van der Waals surface area contributed by atoms with E-state index in [0.29, 0.717) is 6.04 Å². The molecule has 0 aromatic rings. The molecule has 0 aliphatic carbocycles. The van der Waals surface area contributed by atoms with Crippen LogP contribution in [0.1, 0.15) is 33.1 Å². The van der Waals surface area contributed by atoms with Gasteiger partial charge >= 0.3 is 17.1 Å². The number of nitrogens with one attached hydrogen (secondary N) is 4. The first-order valence-electron chi connectivity index (χ1n) is 7.49. The molecule has 1 atom stereocenters. The zero-order valence-electron chi connectivity index (χ0n) is 13.1. The van der Waals surface area contributed by atoms with Crippen LogP contribution in [-0.4, -0.2) is 51.9 Å². The van der Waals surface area contributed by atoms with Crippen LogP contribution >= 0.6 is 0 Å². The van der Waals surface area contributed by atoms with Gasteiger partial charge in [0.1, 0.15) is 0 Å². The van der Waals surface area contributed by atoms with Gasteiger partial charge in [-0.25, -0.2) is 0 Å². The van der Waals surface area contributed by atoms with E-state index < -0.39 is 0 Å². The quantitative estimate of drug-likeness (QED) is 0.320. The number of halogens is 1. The molecule has 6 heteroatoms. The van der Waals surface area contributed by atoms with E-state index in [1.807, 2.05) is 0 Å². The minimum absolute atomic E-state index is 0. The van der Waals surface area contributed by atoms with Crippen molar-refractivity contribution in [2.45, 2.75) is 39.2 Å². The van der Waals surface area contributed by atoms with Crippen LogP contribution in [0.25, 0.3) is 0 Å². The van der Waals surface area contributed by atoms with Crippen molar-refractivity contribution in [3.8, 4) is 0 Å². The topological polar surface area (TPSA) is 48.1 Å². The molecule has 1 heterocycles. The van der Waals surface area contributed by atoms with Crippen LogP contribution in [0.2, 0.25) is 0 Å². The number of hydrogen-bond acceptors (Lipinski definition) is 4. The molecule has 1 unspecified atom stereocenters. The first kappa shape index (κ1) is 25.6. The third-order valence-electron chi connectivity index (χ3n) is 3.08. The van der Waals surface area contributed by atoms with E-state index in [-0.39, 0.29) is 29.5 Å². The van der Waals surface area contributed by atoms with Gasteiger partial charge in [0.05, 0.1) is 0 Å². The van der Waals surface area contributed by atoms with Gasteiger partial charge in [-0.05, 0) is 38.9 Å². The fourth-order valence-electron chi connectivity index (χ4n) is 1.98. The van der Waals surface area contributed by atoms with Crippen LogP contribution in [0, 0.1) is 6.92 Å².